The number of benzene rings is 2. The number of anilines is 1. The standard InChI is InChI=1S/C24H32FN5O/c1-26-24(30-12-10-29(11-13-30)23-9-5-4-8-22(23)25)27-18-20-6-2-3-7-21(20)19-28-14-16-31-17-15-28/h2-9H,10-19H2,1H3,(H,26,27). The van der Waals surface area contributed by atoms with Crippen LogP contribution in [-0.2, 0) is 17.8 Å². The minimum Gasteiger partial charge on any atom is -0.379 e. The molecule has 0 aromatic heterocycles. The van der Waals surface area contributed by atoms with Gasteiger partial charge in [-0.1, -0.05) is 36.4 Å². The summed E-state index contributed by atoms with van der Waals surface area (Å²) < 4.78 is 19.6. The van der Waals surface area contributed by atoms with Crippen LogP contribution in [0.15, 0.2) is 53.5 Å². The molecule has 0 unspecified atom stereocenters. The highest BCUT2D eigenvalue weighted by atomic mass is 19.1. The van der Waals surface area contributed by atoms with Crippen molar-refractivity contribution in [2.24, 2.45) is 4.99 Å². The van der Waals surface area contributed by atoms with Crippen LogP contribution in [-0.4, -0.2) is 75.3 Å². The van der Waals surface area contributed by atoms with Gasteiger partial charge in [0.25, 0.3) is 0 Å². The topological polar surface area (TPSA) is 43.3 Å². The van der Waals surface area contributed by atoms with Crippen LogP contribution in [0.3, 0.4) is 0 Å². The Kier molecular flexibility index (Phi) is 7.38. The Hall–Kier alpha value is -2.64. The Labute approximate surface area is 184 Å². The molecule has 2 fully saturated rings. The molecule has 31 heavy (non-hydrogen) atoms. The van der Waals surface area contributed by atoms with Crippen LogP contribution in [0.4, 0.5) is 10.1 Å². The van der Waals surface area contributed by atoms with Crippen molar-refractivity contribution < 1.29 is 9.13 Å². The number of hydrogen-bond acceptors (Lipinski definition) is 4. The van der Waals surface area contributed by atoms with Crippen molar-refractivity contribution in [3.8, 4) is 0 Å². The Balaban J connectivity index is 1.33. The molecule has 0 atom stereocenters. The summed E-state index contributed by atoms with van der Waals surface area (Å²) in [6.07, 6.45) is 0. The maximum absolute atomic E-state index is 14.1. The van der Waals surface area contributed by atoms with Gasteiger partial charge >= 0.3 is 0 Å². The van der Waals surface area contributed by atoms with E-state index in [4.69, 9.17) is 4.74 Å². The van der Waals surface area contributed by atoms with Crippen molar-refractivity contribution >= 4 is 11.6 Å². The number of piperazine rings is 1. The molecule has 2 saturated heterocycles. The molecule has 2 aliphatic rings. The molecular weight excluding hydrogens is 393 g/mol. The molecule has 2 aromatic rings. The molecule has 0 radical (unpaired) electrons. The fourth-order valence-electron chi connectivity index (χ4n) is 4.26. The smallest absolute Gasteiger partial charge is 0.194 e. The average Bonchev–Trinajstić information content (AvgIpc) is 2.82. The van der Waals surface area contributed by atoms with Crippen molar-refractivity contribution in [3.05, 3.63) is 65.5 Å². The molecule has 7 heteroatoms. The van der Waals surface area contributed by atoms with Crippen LogP contribution < -0.4 is 10.2 Å². The number of rotatable bonds is 5. The molecule has 0 saturated carbocycles. The molecule has 2 aliphatic heterocycles. The van der Waals surface area contributed by atoms with E-state index in [0.29, 0.717) is 5.69 Å². The number of hydrogen-bond donors (Lipinski definition) is 1. The first-order valence-electron chi connectivity index (χ1n) is 11.1. The zero-order chi connectivity index (χ0) is 21.5. The summed E-state index contributed by atoms with van der Waals surface area (Å²) in [5, 5.41) is 3.54. The van der Waals surface area contributed by atoms with Gasteiger partial charge in [-0.3, -0.25) is 9.89 Å². The van der Waals surface area contributed by atoms with Gasteiger partial charge in [0, 0.05) is 59.4 Å². The zero-order valence-electron chi connectivity index (χ0n) is 18.3. The van der Waals surface area contributed by atoms with Gasteiger partial charge in [-0.15, -0.1) is 0 Å². The van der Waals surface area contributed by atoms with Crippen LogP contribution >= 0.6 is 0 Å². The molecule has 1 N–H and O–H groups in total. The Morgan fingerprint density at radius 1 is 0.935 bits per heavy atom. The summed E-state index contributed by atoms with van der Waals surface area (Å²) >= 11 is 0. The first kappa shape index (κ1) is 21.6. The maximum atomic E-state index is 14.1. The number of ether oxygens (including phenoxy) is 1. The lowest BCUT2D eigenvalue weighted by Gasteiger charge is -2.37. The summed E-state index contributed by atoms with van der Waals surface area (Å²) in [5.74, 6) is 0.740. The van der Waals surface area contributed by atoms with E-state index >= 15 is 0 Å². The fraction of sp³-hybridized carbons (Fsp3) is 0.458. The van der Waals surface area contributed by atoms with E-state index in [1.807, 2.05) is 19.2 Å². The number of aliphatic imine (C=N–C) groups is 1. The highest BCUT2D eigenvalue weighted by Crippen LogP contribution is 2.20. The van der Waals surface area contributed by atoms with E-state index < -0.39 is 0 Å². The Bertz CT molecular complexity index is 876. The quantitative estimate of drug-likeness (QED) is 0.589. The third-order valence-corrected chi connectivity index (χ3v) is 6.04. The van der Waals surface area contributed by atoms with Crippen LogP contribution in [0.1, 0.15) is 11.1 Å². The minimum atomic E-state index is -0.157. The summed E-state index contributed by atoms with van der Waals surface area (Å²) in [6.45, 7) is 8.43. The van der Waals surface area contributed by atoms with Crippen molar-refractivity contribution in [1.29, 1.82) is 0 Å². The first-order valence-corrected chi connectivity index (χ1v) is 11.1. The predicted molar refractivity (Wildman–Crippen MR) is 123 cm³/mol. The second-order valence-electron chi connectivity index (χ2n) is 7.98. The van der Waals surface area contributed by atoms with Crippen molar-refractivity contribution in [3.63, 3.8) is 0 Å². The summed E-state index contributed by atoms with van der Waals surface area (Å²) in [4.78, 5) is 11.3. The van der Waals surface area contributed by atoms with Crippen LogP contribution in [0.25, 0.3) is 0 Å². The lowest BCUT2D eigenvalue weighted by Crippen LogP contribution is -2.52. The molecule has 2 heterocycles. The highest BCUT2D eigenvalue weighted by Gasteiger charge is 2.21. The van der Waals surface area contributed by atoms with Gasteiger partial charge in [0.1, 0.15) is 5.82 Å². The van der Waals surface area contributed by atoms with Crippen LogP contribution in [0.5, 0.6) is 0 Å². The van der Waals surface area contributed by atoms with E-state index in [1.165, 1.54) is 17.2 Å². The second kappa shape index (κ2) is 10.6. The lowest BCUT2D eigenvalue weighted by atomic mass is 10.1. The number of nitrogens with one attached hydrogen (secondary N) is 1. The number of halogens is 1. The van der Waals surface area contributed by atoms with Crippen LogP contribution in [0.2, 0.25) is 0 Å². The lowest BCUT2D eigenvalue weighted by molar-refractivity contribution is 0.0341. The third kappa shape index (κ3) is 5.54. The highest BCUT2D eigenvalue weighted by molar-refractivity contribution is 5.80. The Morgan fingerprint density at radius 3 is 2.32 bits per heavy atom. The van der Waals surface area contributed by atoms with E-state index in [1.54, 1.807) is 6.07 Å². The Morgan fingerprint density at radius 2 is 1.61 bits per heavy atom. The third-order valence-electron chi connectivity index (χ3n) is 6.04. The van der Waals surface area contributed by atoms with Gasteiger partial charge < -0.3 is 19.9 Å². The van der Waals surface area contributed by atoms with Gasteiger partial charge in [0.05, 0.1) is 18.9 Å². The van der Waals surface area contributed by atoms with Gasteiger partial charge in [-0.05, 0) is 23.3 Å². The SMILES string of the molecule is CN=C(NCc1ccccc1CN1CCOCC1)N1CCN(c2ccccc2F)CC1. The number of guanidine groups is 1. The molecule has 0 aliphatic carbocycles. The predicted octanol–water partition coefficient (Wildman–Crippen LogP) is 2.56. The molecule has 0 bridgehead atoms. The van der Waals surface area contributed by atoms with Crippen molar-refractivity contribution in [2.75, 3.05) is 64.4 Å². The largest absolute Gasteiger partial charge is 0.379 e. The molecular formula is C24H32FN5O. The monoisotopic (exact) mass is 425 g/mol. The normalized spacial score (nSPS) is 18.3. The molecule has 0 spiro atoms. The summed E-state index contributed by atoms with van der Waals surface area (Å²) in [5.41, 5.74) is 3.32. The van der Waals surface area contributed by atoms with Crippen molar-refractivity contribution in [1.82, 2.24) is 15.1 Å². The average molecular weight is 426 g/mol. The minimum absolute atomic E-state index is 0.157. The molecule has 6 nitrogen and oxygen atoms in total. The van der Waals surface area contributed by atoms with Gasteiger partial charge in [-0.2, -0.15) is 0 Å². The first-order chi connectivity index (χ1) is 15.2. The molecule has 166 valence electrons. The fourth-order valence-corrected chi connectivity index (χ4v) is 4.26. The number of morpholine rings is 1. The number of nitrogens with zero attached hydrogens (tertiary/aromatic N) is 4. The van der Waals surface area contributed by atoms with Gasteiger partial charge in [0.2, 0.25) is 0 Å². The van der Waals surface area contributed by atoms with Crippen molar-refractivity contribution in [2.45, 2.75) is 13.1 Å². The zero-order valence-corrected chi connectivity index (χ0v) is 18.3. The van der Waals surface area contributed by atoms with E-state index in [2.05, 4.69) is 49.3 Å². The molecule has 2 aromatic carbocycles. The van der Waals surface area contributed by atoms with E-state index in [-0.39, 0.29) is 5.82 Å². The maximum Gasteiger partial charge on any atom is 0.194 e. The van der Waals surface area contributed by atoms with Crippen LogP contribution in [0, 0.1) is 5.82 Å². The van der Waals surface area contributed by atoms with Gasteiger partial charge in [0.15, 0.2) is 5.96 Å². The van der Waals surface area contributed by atoms with E-state index in [9.17, 15) is 4.39 Å². The summed E-state index contributed by atoms with van der Waals surface area (Å²) in [7, 11) is 1.82. The second-order valence-corrected chi connectivity index (χ2v) is 7.98. The molecule has 4 rings (SSSR count). The van der Waals surface area contributed by atoms with Gasteiger partial charge in [-0.25, -0.2) is 4.39 Å². The summed E-state index contributed by atoms with van der Waals surface area (Å²) in [6, 6.07) is 15.6. The molecule has 0 amide bonds. The number of para-hydroxylation sites is 1. The van der Waals surface area contributed by atoms with E-state index in [0.717, 1.165) is 71.5 Å².